The molecule has 0 aromatic carbocycles. The van der Waals surface area contributed by atoms with Gasteiger partial charge in [-0.25, -0.2) is 4.98 Å². The number of thioether (sulfide) groups is 1. The van der Waals surface area contributed by atoms with Crippen LogP contribution in [-0.4, -0.2) is 19.7 Å². The Bertz CT molecular complexity index is 730. The zero-order valence-electron chi connectivity index (χ0n) is 11.5. The first kappa shape index (κ1) is 14.1. The average molecular weight is 318 g/mol. The summed E-state index contributed by atoms with van der Waals surface area (Å²) in [5, 5.41) is 11.2. The number of aryl methyl sites for hydroxylation is 1. The van der Waals surface area contributed by atoms with Crippen LogP contribution in [-0.2, 0) is 12.3 Å². The smallest absolute Gasteiger partial charge is 0.236 e. The van der Waals surface area contributed by atoms with Gasteiger partial charge in [-0.3, -0.25) is 0 Å². The highest BCUT2D eigenvalue weighted by Gasteiger charge is 2.11. The average Bonchev–Trinajstić information content (AvgIpc) is 3.19. The molecule has 0 amide bonds. The van der Waals surface area contributed by atoms with E-state index in [4.69, 9.17) is 4.42 Å². The third-order valence-corrected chi connectivity index (χ3v) is 4.70. The lowest BCUT2D eigenvalue weighted by Gasteiger charge is -2.03. The Kier molecular flexibility index (Phi) is 4.21. The molecule has 0 fully saturated rings. The van der Waals surface area contributed by atoms with Crippen LogP contribution in [0.15, 0.2) is 46.0 Å². The fraction of sp³-hybridized carbons (Fsp3) is 0.214. The summed E-state index contributed by atoms with van der Waals surface area (Å²) in [4.78, 5) is 5.53. The molecular formula is C14H14N4OS2. The summed E-state index contributed by atoms with van der Waals surface area (Å²) in [5.41, 5.74) is 0.897. The SMILES string of the molecule is C=CCn1c(C)nnc1SCc1coc(-c2cccs2)n1. The first-order chi connectivity index (χ1) is 10.3. The minimum Gasteiger partial charge on any atom is -0.444 e. The maximum absolute atomic E-state index is 5.51. The molecule has 0 aliphatic heterocycles. The van der Waals surface area contributed by atoms with E-state index in [1.54, 1.807) is 29.4 Å². The fourth-order valence-electron chi connectivity index (χ4n) is 1.83. The van der Waals surface area contributed by atoms with Gasteiger partial charge in [0.05, 0.1) is 10.6 Å². The molecular weight excluding hydrogens is 304 g/mol. The molecule has 3 aromatic rings. The molecule has 0 N–H and O–H groups in total. The van der Waals surface area contributed by atoms with E-state index in [0.29, 0.717) is 18.2 Å². The van der Waals surface area contributed by atoms with Crippen LogP contribution in [0.4, 0.5) is 0 Å². The van der Waals surface area contributed by atoms with Gasteiger partial charge in [0.2, 0.25) is 5.89 Å². The van der Waals surface area contributed by atoms with E-state index >= 15 is 0 Å². The summed E-state index contributed by atoms with van der Waals surface area (Å²) in [5.74, 6) is 2.26. The molecule has 3 heterocycles. The third-order valence-electron chi connectivity index (χ3n) is 2.85. The topological polar surface area (TPSA) is 56.7 Å². The third kappa shape index (κ3) is 3.08. The van der Waals surface area contributed by atoms with Crippen LogP contribution in [0.1, 0.15) is 11.5 Å². The van der Waals surface area contributed by atoms with Crippen LogP contribution < -0.4 is 0 Å². The van der Waals surface area contributed by atoms with E-state index in [1.165, 1.54) is 0 Å². The number of allylic oxidation sites excluding steroid dienone is 1. The van der Waals surface area contributed by atoms with E-state index in [-0.39, 0.29) is 0 Å². The monoisotopic (exact) mass is 318 g/mol. The maximum atomic E-state index is 5.51. The van der Waals surface area contributed by atoms with Crippen LogP contribution >= 0.6 is 23.1 Å². The van der Waals surface area contributed by atoms with Crippen LogP contribution in [0.25, 0.3) is 10.8 Å². The van der Waals surface area contributed by atoms with Gasteiger partial charge in [0.1, 0.15) is 12.1 Å². The number of nitrogens with zero attached hydrogens (tertiary/aromatic N) is 4. The van der Waals surface area contributed by atoms with Crippen molar-refractivity contribution in [2.75, 3.05) is 0 Å². The molecule has 5 nitrogen and oxygen atoms in total. The van der Waals surface area contributed by atoms with Crippen molar-refractivity contribution in [2.24, 2.45) is 0 Å². The summed E-state index contributed by atoms with van der Waals surface area (Å²) in [6.07, 6.45) is 3.54. The second-order valence-electron chi connectivity index (χ2n) is 4.34. The Balaban J connectivity index is 1.69. The number of thiophene rings is 1. The van der Waals surface area contributed by atoms with Gasteiger partial charge >= 0.3 is 0 Å². The Morgan fingerprint density at radius 1 is 1.48 bits per heavy atom. The molecule has 21 heavy (non-hydrogen) atoms. The van der Waals surface area contributed by atoms with Crippen molar-refractivity contribution < 1.29 is 4.42 Å². The Morgan fingerprint density at radius 2 is 2.38 bits per heavy atom. The van der Waals surface area contributed by atoms with Gasteiger partial charge in [-0.15, -0.1) is 28.1 Å². The van der Waals surface area contributed by atoms with Gasteiger partial charge in [-0.05, 0) is 18.4 Å². The highest BCUT2D eigenvalue weighted by molar-refractivity contribution is 7.98. The molecule has 0 radical (unpaired) electrons. The largest absolute Gasteiger partial charge is 0.444 e. The lowest BCUT2D eigenvalue weighted by atomic mass is 10.5. The van der Waals surface area contributed by atoms with Gasteiger partial charge in [0.25, 0.3) is 0 Å². The van der Waals surface area contributed by atoms with Gasteiger partial charge in [0.15, 0.2) is 5.16 Å². The van der Waals surface area contributed by atoms with Crippen LogP contribution in [0.2, 0.25) is 0 Å². The standard InChI is InChI=1S/C14H14N4OS2/c1-3-6-18-10(2)16-17-14(18)21-9-11-8-19-13(15-11)12-5-4-7-20-12/h3-5,7-8H,1,6,9H2,2H3. The van der Waals surface area contributed by atoms with Crippen LogP contribution in [0, 0.1) is 6.92 Å². The number of rotatable bonds is 6. The Morgan fingerprint density at radius 3 is 3.14 bits per heavy atom. The molecule has 0 saturated heterocycles. The van der Waals surface area contributed by atoms with Crippen LogP contribution in [0.3, 0.4) is 0 Å². The zero-order valence-corrected chi connectivity index (χ0v) is 13.2. The molecule has 108 valence electrons. The molecule has 0 saturated carbocycles. The number of hydrogen-bond donors (Lipinski definition) is 0. The Hall–Kier alpha value is -1.86. The highest BCUT2D eigenvalue weighted by atomic mass is 32.2. The lowest BCUT2D eigenvalue weighted by molar-refractivity contribution is 0.575. The maximum Gasteiger partial charge on any atom is 0.236 e. The molecule has 3 rings (SSSR count). The van der Waals surface area contributed by atoms with Crippen LogP contribution in [0.5, 0.6) is 0 Å². The van der Waals surface area contributed by atoms with E-state index in [2.05, 4.69) is 21.8 Å². The second kappa shape index (κ2) is 6.28. The first-order valence-corrected chi connectivity index (χ1v) is 8.26. The molecule has 7 heteroatoms. The highest BCUT2D eigenvalue weighted by Crippen LogP contribution is 2.26. The van der Waals surface area contributed by atoms with E-state index in [9.17, 15) is 0 Å². The normalized spacial score (nSPS) is 10.9. The zero-order chi connectivity index (χ0) is 14.7. The van der Waals surface area contributed by atoms with Crippen molar-refractivity contribution in [1.82, 2.24) is 19.7 Å². The molecule has 0 atom stereocenters. The fourth-order valence-corrected chi connectivity index (χ4v) is 3.36. The minimum atomic E-state index is 0.671. The molecule has 0 bridgehead atoms. The Labute approximate surface area is 130 Å². The minimum absolute atomic E-state index is 0.671. The van der Waals surface area contributed by atoms with Crippen molar-refractivity contribution in [3.05, 3.63) is 47.9 Å². The van der Waals surface area contributed by atoms with Crippen molar-refractivity contribution in [3.63, 3.8) is 0 Å². The summed E-state index contributed by atoms with van der Waals surface area (Å²) >= 11 is 3.21. The van der Waals surface area contributed by atoms with Gasteiger partial charge in [-0.2, -0.15) is 0 Å². The molecule has 0 spiro atoms. The number of aromatic nitrogens is 4. The number of hydrogen-bond acceptors (Lipinski definition) is 6. The quantitative estimate of drug-likeness (QED) is 0.511. The molecule has 3 aromatic heterocycles. The van der Waals surface area contributed by atoms with E-state index < -0.39 is 0 Å². The predicted molar refractivity (Wildman–Crippen MR) is 84.3 cm³/mol. The lowest BCUT2D eigenvalue weighted by Crippen LogP contribution is -2.00. The predicted octanol–water partition coefficient (Wildman–Crippen LogP) is 3.78. The first-order valence-electron chi connectivity index (χ1n) is 6.39. The summed E-state index contributed by atoms with van der Waals surface area (Å²) in [6.45, 7) is 6.40. The number of oxazole rings is 1. The summed E-state index contributed by atoms with van der Waals surface area (Å²) in [6, 6.07) is 3.98. The van der Waals surface area contributed by atoms with Crippen molar-refractivity contribution in [1.29, 1.82) is 0 Å². The van der Waals surface area contributed by atoms with Crippen molar-refractivity contribution in [2.45, 2.75) is 24.4 Å². The van der Waals surface area contributed by atoms with Crippen molar-refractivity contribution >= 4 is 23.1 Å². The van der Waals surface area contributed by atoms with Gasteiger partial charge < -0.3 is 8.98 Å². The van der Waals surface area contributed by atoms with E-state index in [0.717, 1.165) is 21.6 Å². The molecule has 0 aliphatic rings. The van der Waals surface area contributed by atoms with Gasteiger partial charge in [-0.1, -0.05) is 23.9 Å². The van der Waals surface area contributed by atoms with Gasteiger partial charge in [0, 0.05) is 12.3 Å². The van der Waals surface area contributed by atoms with Crippen molar-refractivity contribution in [3.8, 4) is 10.8 Å². The second-order valence-corrected chi connectivity index (χ2v) is 6.23. The summed E-state index contributed by atoms with van der Waals surface area (Å²) in [7, 11) is 0. The molecule has 0 aliphatic carbocycles. The molecule has 0 unspecified atom stereocenters. The summed E-state index contributed by atoms with van der Waals surface area (Å²) < 4.78 is 7.53. The van der Waals surface area contributed by atoms with E-state index in [1.807, 2.05) is 35.1 Å².